The summed E-state index contributed by atoms with van der Waals surface area (Å²) in [6, 6.07) is 9.13. The van der Waals surface area contributed by atoms with Crippen molar-refractivity contribution in [3.05, 3.63) is 30.3 Å². The van der Waals surface area contributed by atoms with Crippen LogP contribution >= 0.6 is 7.14 Å². The summed E-state index contributed by atoms with van der Waals surface area (Å²) >= 11 is 0. The molecular formula is C14H21O2P. The fraction of sp³-hybridized carbons (Fsp3) is 0.500. The van der Waals surface area contributed by atoms with E-state index in [1.807, 2.05) is 52.8 Å². The van der Waals surface area contributed by atoms with Gasteiger partial charge in [0.1, 0.15) is 0 Å². The molecule has 94 valence electrons. The molecule has 1 aromatic carbocycles. The van der Waals surface area contributed by atoms with Crippen molar-refractivity contribution in [2.45, 2.75) is 40.3 Å². The maximum absolute atomic E-state index is 13.1. The molecule has 0 heterocycles. The summed E-state index contributed by atoms with van der Waals surface area (Å²) in [6.45, 7) is 9.20. The van der Waals surface area contributed by atoms with Gasteiger partial charge in [-0.15, -0.1) is 0 Å². The van der Waals surface area contributed by atoms with Gasteiger partial charge in [-0.25, -0.2) is 0 Å². The van der Waals surface area contributed by atoms with E-state index < -0.39 is 12.6 Å². The van der Waals surface area contributed by atoms with Crippen molar-refractivity contribution in [2.75, 3.05) is 0 Å². The third-order valence-corrected chi connectivity index (χ3v) is 6.60. The minimum Gasteiger partial charge on any atom is -0.310 e. The second-order valence-corrected chi connectivity index (χ2v) is 8.91. The quantitative estimate of drug-likeness (QED) is 0.769. The van der Waals surface area contributed by atoms with Crippen molar-refractivity contribution in [3.63, 3.8) is 0 Å². The van der Waals surface area contributed by atoms with Gasteiger partial charge in [-0.2, -0.15) is 0 Å². The Morgan fingerprint density at radius 2 is 1.59 bits per heavy atom. The van der Waals surface area contributed by atoms with Crippen LogP contribution in [0.5, 0.6) is 0 Å². The van der Waals surface area contributed by atoms with Crippen LogP contribution in [0.2, 0.25) is 0 Å². The lowest BCUT2D eigenvalue weighted by Gasteiger charge is -2.28. The van der Waals surface area contributed by atoms with Crippen molar-refractivity contribution < 1.29 is 9.36 Å². The molecule has 0 saturated heterocycles. The normalized spacial score (nSPS) is 15.6. The number of benzene rings is 1. The summed E-state index contributed by atoms with van der Waals surface area (Å²) in [5.74, 6) is 0. The third-order valence-electron chi connectivity index (χ3n) is 2.81. The van der Waals surface area contributed by atoms with Crippen LogP contribution < -0.4 is 5.30 Å². The van der Waals surface area contributed by atoms with Crippen molar-refractivity contribution in [1.29, 1.82) is 0 Å². The first-order chi connectivity index (χ1) is 7.70. The van der Waals surface area contributed by atoms with Crippen molar-refractivity contribution in [3.8, 4) is 0 Å². The molecule has 1 aromatic rings. The monoisotopic (exact) mass is 252 g/mol. The minimum atomic E-state index is -3.00. The Kier molecular flexibility index (Phi) is 3.99. The molecule has 0 aliphatic rings. The van der Waals surface area contributed by atoms with Crippen molar-refractivity contribution in [2.24, 2.45) is 5.41 Å². The van der Waals surface area contributed by atoms with Gasteiger partial charge >= 0.3 is 0 Å². The molecule has 1 unspecified atom stereocenters. The lowest BCUT2D eigenvalue weighted by atomic mass is 9.99. The van der Waals surface area contributed by atoms with E-state index in [4.69, 9.17) is 0 Å². The highest BCUT2D eigenvalue weighted by Crippen LogP contribution is 2.54. The van der Waals surface area contributed by atoms with Gasteiger partial charge in [0.05, 0.1) is 0 Å². The van der Waals surface area contributed by atoms with Gasteiger partial charge < -0.3 is 4.57 Å². The van der Waals surface area contributed by atoms with E-state index >= 15 is 0 Å². The molecule has 0 fully saturated rings. The molecule has 0 N–H and O–H groups in total. The third kappa shape index (κ3) is 2.69. The zero-order chi connectivity index (χ0) is 13.3. The zero-order valence-electron chi connectivity index (χ0n) is 11.2. The van der Waals surface area contributed by atoms with Gasteiger partial charge in [-0.05, 0) is 0 Å². The number of hydrogen-bond acceptors (Lipinski definition) is 2. The first-order valence-corrected chi connectivity index (χ1v) is 7.68. The smallest absolute Gasteiger partial charge is 0.201 e. The summed E-state index contributed by atoms with van der Waals surface area (Å²) in [7, 11) is -3.00. The van der Waals surface area contributed by atoms with Gasteiger partial charge in [-0.3, -0.25) is 4.79 Å². The number of carbonyl (C=O) groups excluding carboxylic acids is 1. The largest absolute Gasteiger partial charge is 0.310 e. The van der Waals surface area contributed by atoms with Crippen LogP contribution in [0.4, 0.5) is 0 Å². The molecule has 0 aliphatic carbocycles. The van der Waals surface area contributed by atoms with E-state index in [0.29, 0.717) is 5.30 Å². The lowest BCUT2D eigenvalue weighted by molar-refractivity contribution is -0.118. The summed E-state index contributed by atoms with van der Waals surface area (Å²) in [5, 5.41) is 0.676. The van der Waals surface area contributed by atoms with Crippen LogP contribution in [-0.4, -0.2) is 11.2 Å². The molecule has 17 heavy (non-hydrogen) atoms. The molecule has 2 nitrogen and oxygen atoms in total. The molecule has 0 spiro atoms. The van der Waals surface area contributed by atoms with Crippen molar-refractivity contribution >= 4 is 18.0 Å². The zero-order valence-corrected chi connectivity index (χ0v) is 12.1. The number of hydrogen-bond donors (Lipinski definition) is 0. The first kappa shape index (κ1) is 14.2. The van der Waals surface area contributed by atoms with E-state index in [1.54, 1.807) is 12.1 Å². The molecule has 0 aromatic heterocycles. The van der Waals surface area contributed by atoms with Crippen LogP contribution in [0.1, 0.15) is 34.6 Å². The maximum Gasteiger partial charge on any atom is 0.201 e. The van der Waals surface area contributed by atoms with Gasteiger partial charge in [0.15, 0.2) is 7.14 Å². The average Bonchev–Trinajstić information content (AvgIpc) is 2.26. The Bertz CT molecular complexity index is 441. The van der Waals surface area contributed by atoms with Crippen LogP contribution in [-0.2, 0) is 9.36 Å². The summed E-state index contributed by atoms with van der Waals surface area (Å²) in [6.07, 6.45) is 0. The Balaban J connectivity index is 3.36. The van der Waals surface area contributed by atoms with Crippen LogP contribution in [0.25, 0.3) is 0 Å². The summed E-state index contributed by atoms with van der Waals surface area (Å²) < 4.78 is 13.1. The fourth-order valence-electron chi connectivity index (χ4n) is 1.80. The summed E-state index contributed by atoms with van der Waals surface area (Å²) in [5.41, 5.74) is -0.863. The topological polar surface area (TPSA) is 34.1 Å². The minimum absolute atomic E-state index is 0.133. The Hall–Kier alpha value is -0.880. The van der Waals surface area contributed by atoms with Crippen LogP contribution in [0.3, 0.4) is 0 Å². The second kappa shape index (κ2) is 4.78. The molecule has 0 aliphatic heterocycles. The Labute approximate surface area is 104 Å². The number of carbonyl (C=O) groups is 1. The first-order valence-electron chi connectivity index (χ1n) is 5.91. The lowest BCUT2D eigenvalue weighted by Crippen LogP contribution is -2.28. The molecule has 1 atom stereocenters. The molecule has 0 radical (unpaired) electrons. The standard InChI is InChI=1S/C14H21O2P/c1-11(2)17(16,13(15)14(3,4)5)12-9-7-6-8-10-12/h6-11H,1-5H3. The van der Waals surface area contributed by atoms with E-state index in [2.05, 4.69) is 0 Å². The van der Waals surface area contributed by atoms with Crippen LogP contribution in [0.15, 0.2) is 30.3 Å². The molecule has 3 heteroatoms. The van der Waals surface area contributed by atoms with E-state index in [0.717, 1.165) is 0 Å². The average molecular weight is 252 g/mol. The van der Waals surface area contributed by atoms with Gasteiger partial charge in [0, 0.05) is 16.4 Å². The Morgan fingerprint density at radius 3 is 1.94 bits per heavy atom. The van der Waals surface area contributed by atoms with Crippen LogP contribution in [0, 0.1) is 5.41 Å². The molecule has 0 amide bonds. The van der Waals surface area contributed by atoms with E-state index in [1.165, 1.54) is 0 Å². The highest BCUT2D eigenvalue weighted by Gasteiger charge is 2.42. The highest BCUT2D eigenvalue weighted by molar-refractivity contribution is 7.87. The highest BCUT2D eigenvalue weighted by atomic mass is 31.2. The predicted molar refractivity (Wildman–Crippen MR) is 73.3 cm³/mol. The van der Waals surface area contributed by atoms with Crippen molar-refractivity contribution in [1.82, 2.24) is 0 Å². The molecule has 0 bridgehead atoms. The molecule has 1 rings (SSSR count). The predicted octanol–water partition coefficient (Wildman–Crippen LogP) is 3.66. The molecular weight excluding hydrogens is 231 g/mol. The SMILES string of the molecule is CC(C)P(=O)(C(=O)C(C)(C)C)c1ccccc1. The Morgan fingerprint density at radius 1 is 1.12 bits per heavy atom. The molecule has 0 saturated carbocycles. The van der Waals surface area contributed by atoms with E-state index in [-0.39, 0.29) is 11.2 Å². The van der Waals surface area contributed by atoms with Gasteiger partial charge in [0.2, 0.25) is 5.52 Å². The van der Waals surface area contributed by atoms with Gasteiger partial charge in [0.25, 0.3) is 0 Å². The maximum atomic E-state index is 13.1. The number of rotatable bonds is 3. The summed E-state index contributed by atoms with van der Waals surface area (Å²) in [4.78, 5) is 12.5. The second-order valence-electron chi connectivity index (χ2n) is 5.64. The van der Waals surface area contributed by atoms with E-state index in [9.17, 15) is 9.36 Å². The fourth-order valence-corrected chi connectivity index (χ4v) is 4.71. The van der Waals surface area contributed by atoms with Gasteiger partial charge in [-0.1, -0.05) is 65.0 Å².